The number of carbonyl (C=O) groups is 1. The predicted molar refractivity (Wildman–Crippen MR) is 107 cm³/mol. The van der Waals surface area contributed by atoms with Gasteiger partial charge in [-0.2, -0.15) is 12.8 Å². The number of amides is 1. The van der Waals surface area contributed by atoms with Crippen LogP contribution in [0.3, 0.4) is 0 Å². The highest BCUT2D eigenvalue weighted by Gasteiger charge is 2.24. The number of fused-ring (bicyclic) bond motifs is 1. The second-order valence-corrected chi connectivity index (χ2v) is 8.49. The zero-order chi connectivity index (χ0) is 19.6. The SMILES string of the molecule is CCN(CC)C(=O)c1ccc(Cl)cc1NS(=O)(=O)c1nccc2sncc12. The Morgan fingerprint density at radius 2 is 2.00 bits per heavy atom. The first-order valence-electron chi connectivity index (χ1n) is 8.18. The highest BCUT2D eigenvalue weighted by Crippen LogP contribution is 2.28. The predicted octanol–water partition coefficient (Wildman–Crippen LogP) is 3.63. The third-order valence-electron chi connectivity index (χ3n) is 4.01. The monoisotopic (exact) mass is 424 g/mol. The van der Waals surface area contributed by atoms with Gasteiger partial charge in [0.25, 0.3) is 15.9 Å². The molecule has 2 heterocycles. The molecule has 0 bridgehead atoms. The summed E-state index contributed by atoms with van der Waals surface area (Å²) >= 11 is 7.22. The molecule has 3 rings (SSSR count). The van der Waals surface area contributed by atoms with Crippen molar-refractivity contribution in [3.63, 3.8) is 0 Å². The number of halogens is 1. The van der Waals surface area contributed by atoms with Gasteiger partial charge in [-0.05, 0) is 49.6 Å². The molecule has 10 heteroatoms. The maximum atomic E-state index is 12.9. The van der Waals surface area contributed by atoms with E-state index in [0.717, 1.165) is 0 Å². The summed E-state index contributed by atoms with van der Waals surface area (Å²) in [7, 11) is -4.05. The molecule has 0 fully saturated rings. The van der Waals surface area contributed by atoms with Gasteiger partial charge in [-0.3, -0.25) is 9.52 Å². The van der Waals surface area contributed by atoms with Gasteiger partial charge < -0.3 is 4.90 Å². The Morgan fingerprint density at radius 1 is 1.26 bits per heavy atom. The number of pyridine rings is 1. The minimum absolute atomic E-state index is 0.112. The molecule has 2 aromatic heterocycles. The number of hydrogen-bond donors (Lipinski definition) is 1. The molecule has 1 aromatic carbocycles. The molecule has 7 nitrogen and oxygen atoms in total. The summed E-state index contributed by atoms with van der Waals surface area (Å²) in [5, 5.41) is 0.593. The Bertz CT molecular complexity index is 1090. The van der Waals surface area contributed by atoms with E-state index in [1.807, 2.05) is 13.8 Å². The van der Waals surface area contributed by atoms with Gasteiger partial charge in [-0.25, -0.2) is 4.98 Å². The van der Waals surface area contributed by atoms with Crippen LogP contribution in [0.5, 0.6) is 0 Å². The highest BCUT2D eigenvalue weighted by atomic mass is 35.5. The molecule has 0 aliphatic carbocycles. The van der Waals surface area contributed by atoms with E-state index in [-0.39, 0.29) is 22.2 Å². The maximum absolute atomic E-state index is 12.9. The summed E-state index contributed by atoms with van der Waals surface area (Å²) in [5.74, 6) is -0.280. The van der Waals surface area contributed by atoms with Crippen molar-refractivity contribution in [2.24, 2.45) is 0 Å². The normalized spacial score (nSPS) is 11.5. The molecule has 0 aliphatic rings. The van der Waals surface area contributed by atoms with E-state index in [9.17, 15) is 13.2 Å². The largest absolute Gasteiger partial charge is 0.339 e. The number of anilines is 1. The molecular weight excluding hydrogens is 408 g/mol. The number of nitrogens with one attached hydrogen (secondary N) is 1. The smallest absolute Gasteiger partial charge is 0.280 e. The summed E-state index contributed by atoms with van der Waals surface area (Å²) < 4.78 is 33.1. The molecule has 0 spiro atoms. The molecule has 0 unspecified atom stereocenters. The van der Waals surface area contributed by atoms with Crippen molar-refractivity contribution in [3.8, 4) is 0 Å². The summed E-state index contributed by atoms with van der Waals surface area (Å²) in [6.07, 6.45) is 2.87. The fraction of sp³-hybridized carbons (Fsp3) is 0.235. The van der Waals surface area contributed by atoms with Gasteiger partial charge in [-0.15, -0.1) is 0 Å². The van der Waals surface area contributed by atoms with Crippen LogP contribution < -0.4 is 4.72 Å². The van der Waals surface area contributed by atoms with Gasteiger partial charge in [-0.1, -0.05) is 11.6 Å². The molecule has 0 atom stereocenters. The summed E-state index contributed by atoms with van der Waals surface area (Å²) in [4.78, 5) is 18.4. The summed E-state index contributed by atoms with van der Waals surface area (Å²) in [6.45, 7) is 4.72. The number of rotatable bonds is 6. The Labute approximate surface area is 166 Å². The number of hydrogen-bond acceptors (Lipinski definition) is 6. The van der Waals surface area contributed by atoms with Gasteiger partial charge in [0.1, 0.15) is 0 Å². The van der Waals surface area contributed by atoms with Crippen LogP contribution in [0.4, 0.5) is 5.69 Å². The number of nitrogens with zero attached hydrogens (tertiary/aromatic N) is 3. The zero-order valence-corrected chi connectivity index (χ0v) is 17.0. The Balaban J connectivity index is 2.06. The van der Waals surface area contributed by atoms with E-state index in [1.54, 1.807) is 17.0 Å². The van der Waals surface area contributed by atoms with Crippen LogP contribution >= 0.6 is 23.1 Å². The summed E-state index contributed by atoms with van der Waals surface area (Å²) in [5.41, 5.74) is 0.337. The molecule has 0 aliphatic heterocycles. The molecule has 142 valence electrons. The van der Waals surface area contributed by atoms with E-state index < -0.39 is 10.0 Å². The Hall–Kier alpha value is -2.23. The van der Waals surface area contributed by atoms with Gasteiger partial charge in [0.15, 0.2) is 5.03 Å². The lowest BCUT2D eigenvalue weighted by molar-refractivity contribution is 0.0774. The minimum Gasteiger partial charge on any atom is -0.339 e. The number of carbonyl (C=O) groups excluding carboxylic acids is 1. The van der Waals surface area contributed by atoms with Crippen LogP contribution in [0.2, 0.25) is 5.02 Å². The molecule has 3 aromatic rings. The average Bonchev–Trinajstić information content (AvgIpc) is 3.11. The van der Waals surface area contributed by atoms with E-state index in [1.165, 1.54) is 36.1 Å². The fourth-order valence-corrected chi connectivity index (χ4v) is 4.73. The average molecular weight is 425 g/mol. The van der Waals surface area contributed by atoms with Gasteiger partial charge in [0, 0.05) is 24.3 Å². The summed E-state index contributed by atoms with van der Waals surface area (Å²) in [6, 6.07) is 6.18. The maximum Gasteiger partial charge on any atom is 0.280 e. The van der Waals surface area contributed by atoms with Crippen LogP contribution in [0.1, 0.15) is 24.2 Å². The molecule has 1 N–H and O–H groups in total. The first kappa shape index (κ1) is 19.5. The van der Waals surface area contributed by atoms with Crippen LogP contribution in [-0.2, 0) is 10.0 Å². The van der Waals surface area contributed by atoms with E-state index in [0.29, 0.717) is 28.2 Å². The van der Waals surface area contributed by atoms with Gasteiger partial charge in [0.05, 0.1) is 27.5 Å². The minimum atomic E-state index is -4.05. The van der Waals surface area contributed by atoms with Crippen molar-refractivity contribution in [3.05, 3.63) is 47.2 Å². The number of benzene rings is 1. The first-order chi connectivity index (χ1) is 12.9. The third kappa shape index (κ3) is 3.90. The third-order valence-corrected chi connectivity index (χ3v) is 6.33. The van der Waals surface area contributed by atoms with Crippen molar-refractivity contribution in [2.75, 3.05) is 17.8 Å². The second kappa shape index (κ2) is 7.79. The standard InChI is InChI=1S/C17H17ClN4O3S2/c1-3-22(4-2)17(23)12-6-5-11(18)9-14(12)21-27(24,25)16-13-10-20-26-15(13)7-8-19-16/h5-10,21H,3-4H2,1-2H3. The van der Waals surface area contributed by atoms with Crippen molar-refractivity contribution < 1.29 is 13.2 Å². The van der Waals surface area contributed by atoms with Crippen molar-refractivity contribution >= 4 is 54.8 Å². The molecule has 0 saturated carbocycles. The molecule has 1 amide bonds. The van der Waals surface area contributed by atoms with E-state index >= 15 is 0 Å². The number of sulfonamides is 1. The lowest BCUT2D eigenvalue weighted by atomic mass is 10.1. The molecule has 27 heavy (non-hydrogen) atoms. The highest BCUT2D eigenvalue weighted by molar-refractivity contribution is 7.92. The number of aromatic nitrogens is 2. The fourth-order valence-electron chi connectivity index (χ4n) is 2.65. The van der Waals surface area contributed by atoms with Crippen LogP contribution in [-0.4, -0.2) is 41.7 Å². The topological polar surface area (TPSA) is 92.3 Å². The van der Waals surface area contributed by atoms with Gasteiger partial charge >= 0.3 is 0 Å². The molecule has 0 saturated heterocycles. The van der Waals surface area contributed by atoms with E-state index in [2.05, 4.69) is 14.1 Å². The lowest BCUT2D eigenvalue weighted by Gasteiger charge is -2.21. The zero-order valence-electron chi connectivity index (χ0n) is 14.6. The first-order valence-corrected chi connectivity index (χ1v) is 10.8. The van der Waals surface area contributed by atoms with Crippen molar-refractivity contribution in [2.45, 2.75) is 18.9 Å². The van der Waals surface area contributed by atoms with Crippen molar-refractivity contribution in [1.29, 1.82) is 0 Å². The van der Waals surface area contributed by atoms with Crippen LogP contribution in [0.25, 0.3) is 10.1 Å². The molecular formula is C17H17ClN4O3S2. The van der Waals surface area contributed by atoms with Crippen LogP contribution in [0.15, 0.2) is 41.7 Å². The van der Waals surface area contributed by atoms with Crippen LogP contribution in [0, 0.1) is 0 Å². The second-order valence-electron chi connectivity index (χ2n) is 5.63. The Kier molecular flexibility index (Phi) is 5.64. The lowest BCUT2D eigenvalue weighted by Crippen LogP contribution is -2.31. The van der Waals surface area contributed by atoms with Crippen molar-refractivity contribution in [1.82, 2.24) is 14.3 Å². The Morgan fingerprint density at radius 3 is 2.70 bits per heavy atom. The molecule has 0 radical (unpaired) electrons. The quantitative estimate of drug-likeness (QED) is 0.652. The van der Waals surface area contributed by atoms with Gasteiger partial charge in [0.2, 0.25) is 0 Å². The van der Waals surface area contributed by atoms with E-state index in [4.69, 9.17) is 11.6 Å².